The van der Waals surface area contributed by atoms with E-state index in [4.69, 9.17) is 9.47 Å². The number of rotatable bonds is 5. The zero-order valence-corrected chi connectivity index (χ0v) is 13.3. The Bertz CT molecular complexity index is 373. The fourth-order valence-electron chi connectivity index (χ4n) is 3.38. The molecule has 1 aliphatic carbocycles. The number of morpholine rings is 1. The molecule has 0 bridgehead atoms. The van der Waals surface area contributed by atoms with Crippen molar-refractivity contribution in [3.05, 3.63) is 0 Å². The molecule has 120 valence electrons. The lowest BCUT2D eigenvalue weighted by atomic mass is 10.0. The molecule has 21 heavy (non-hydrogen) atoms. The highest BCUT2D eigenvalue weighted by atomic mass is 16.5. The van der Waals surface area contributed by atoms with Crippen LogP contribution in [0.1, 0.15) is 26.2 Å². The minimum absolute atomic E-state index is 0.0464. The molecule has 0 aromatic carbocycles. The van der Waals surface area contributed by atoms with Crippen molar-refractivity contribution in [2.45, 2.75) is 38.4 Å². The molecule has 0 spiro atoms. The molecule has 3 rings (SSSR count). The van der Waals surface area contributed by atoms with E-state index in [0.717, 1.165) is 45.8 Å². The first kappa shape index (κ1) is 15.3. The van der Waals surface area contributed by atoms with Gasteiger partial charge in [0.05, 0.1) is 24.7 Å². The summed E-state index contributed by atoms with van der Waals surface area (Å²) in [5, 5.41) is 0. The zero-order chi connectivity index (χ0) is 14.8. The van der Waals surface area contributed by atoms with Gasteiger partial charge in [-0.25, -0.2) is 0 Å². The molecule has 0 aromatic rings. The van der Waals surface area contributed by atoms with Gasteiger partial charge in [-0.1, -0.05) is 0 Å². The van der Waals surface area contributed by atoms with E-state index in [2.05, 4.69) is 16.8 Å². The second-order valence-corrected chi connectivity index (χ2v) is 6.91. The Hall–Kier alpha value is -0.650. The quantitative estimate of drug-likeness (QED) is 0.758. The maximum absolute atomic E-state index is 12.9. The second-order valence-electron chi connectivity index (χ2n) is 6.91. The minimum atomic E-state index is 0.0464. The van der Waals surface area contributed by atoms with Gasteiger partial charge in [-0.2, -0.15) is 0 Å². The van der Waals surface area contributed by atoms with Crippen molar-refractivity contribution >= 4 is 5.91 Å². The Kier molecular flexibility index (Phi) is 4.82. The molecule has 2 saturated heterocycles. The van der Waals surface area contributed by atoms with Crippen LogP contribution in [-0.2, 0) is 14.3 Å². The molecule has 0 N–H and O–H groups in total. The van der Waals surface area contributed by atoms with Crippen LogP contribution in [-0.4, -0.2) is 74.4 Å². The highest BCUT2D eigenvalue weighted by Crippen LogP contribution is 2.31. The van der Waals surface area contributed by atoms with Crippen molar-refractivity contribution in [1.29, 1.82) is 0 Å². The summed E-state index contributed by atoms with van der Waals surface area (Å²) in [6.07, 6.45) is 3.63. The van der Waals surface area contributed by atoms with Crippen LogP contribution in [0.15, 0.2) is 0 Å². The molecule has 5 heteroatoms. The third-order valence-electron chi connectivity index (χ3n) is 4.95. The average molecular weight is 296 g/mol. The summed E-state index contributed by atoms with van der Waals surface area (Å²) in [6.45, 7) is 7.07. The number of likely N-dealkylation sites (N-methyl/N-ethyl adjacent to an activating group) is 1. The normalized spacial score (nSPS) is 34.1. The molecular weight excluding hydrogens is 268 g/mol. The topological polar surface area (TPSA) is 42.0 Å². The highest BCUT2D eigenvalue weighted by molar-refractivity contribution is 5.79. The fourth-order valence-corrected chi connectivity index (χ4v) is 3.38. The smallest absolute Gasteiger partial charge is 0.228 e. The zero-order valence-electron chi connectivity index (χ0n) is 13.3. The number of hydrogen-bond acceptors (Lipinski definition) is 4. The van der Waals surface area contributed by atoms with Crippen LogP contribution in [0.25, 0.3) is 0 Å². The molecule has 3 atom stereocenters. The van der Waals surface area contributed by atoms with Gasteiger partial charge >= 0.3 is 0 Å². The second kappa shape index (κ2) is 6.63. The van der Waals surface area contributed by atoms with E-state index >= 15 is 0 Å². The molecule has 0 aromatic heterocycles. The largest absolute Gasteiger partial charge is 0.378 e. The monoisotopic (exact) mass is 296 g/mol. The van der Waals surface area contributed by atoms with Crippen LogP contribution in [0.2, 0.25) is 0 Å². The van der Waals surface area contributed by atoms with Gasteiger partial charge < -0.3 is 19.3 Å². The Morgan fingerprint density at radius 2 is 2.00 bits per heavy atom. The van der Waals surface area contributed by atoms with Gasteiger partial charge in [0, 0.05) is 32.8 Å². The molecule has 2 heterocycles. The third kappa shape index (κ3) is 3.96. The van der Waals surface area contributed by atoms with Crippen LogP contribution in [0.4, 0.5) is 0 Å². The third-order valence-corrected chi connectivity index (χ3v) is 4.95. The van der Waals surface area contributed by atoms with Crippen LogP contribution in [0.5, 0.6) is 0 Å². The van der Waals surface area contributed by atoms with E-state index in [1.165, 1.54) is 12.8 Å². The lowest BCUT2D eigenvalue weighted by molar-refractivity contribution is -0.140. The molecule has 1 amide bonds. The lowest BCUT2D eigenvalue weighted by Gasteiger charge is -2.35. The Morgan fingerprint density at radius 1 is 1.19 bits per heavy atom. The van der Waals surface area contributed by atoms with Gasteiger partial charge in [0.2, 0.25) is 5.91 Å². The van der Waals surface area contributed by atoms with E-state index in [0.29, 0.717) is 5.92 Å². The molecule has 3 aliphatic rings. The maximum atomic E-state index is 12.9. The minimum Gasteiger partial charge on any atom is -0.378 e. The van der Waals surface area contributed by atoms with Gasteiger partial charge in [0.15, 0.2) is 0 Å². The summed E-state index contributed by atoms with van der Waals surface area (Å²) in [6, 6.07) is 0. The Morgan fingerprint density at radius 3 is 2.62 bits per heavy atom. The number of carbonyl (C=O) groups excluding carboxylic acids is 1. The first-order valence-electron chi connectivity index (χ1n) is 8.34. The number of nitrogens with zero attached hydrogens (tertiary/aromatic N) is 2. The van der Waals surface area contributed by atoms with E-state index in [9.17, 15) is 4.79 Å². The van der Waals surface area contributed by atoms with Crippen LogP contribution < -0.4 is 0 Å². The average Bonchev–Trinajstić information content (AvgIpc) is 3.17. The van der Waals surface area contributed by atoms with Gasteiger partial charge in [-0.15, -0.1) is 0 Å². The first-order valence-corrected chi connectivity index (χ1v) is 8.34. The van der Waals surface area contributed by atoms with Crippen molar-refractivity contribution in [2.24, 2.45) is 11.8 Å². The number of amides is 1. The van der Waals surface area contributed by atoms with E-state index < -0.39 is 0 Å². The lowest BCUT2D eigenvalue weighted by Crippen LogP contribution is -2.49. The maximum Gasteiger partial charge on any atom is 0.228 e. The van der Waals surface area contributed by atoms with Crippen LogP contribution in [0, 0.1) is 11.8 Å². The highest BCUT2D eigenvalue weighted by Gasteiger charge is 2.37. The van der Waals surface area contributed by atoms with Gasteiger partial charge in [-0.05, 0) is 39.2 Å². The molecular formula is C16H28N2O3. The fraction of sp³-hybridized carbons (Fsp3) is 0.938. The molecule has 2 aliphatic heterocycles. The Labute approximate surface area is 127 Å². The summed E-state index contributed by atoms with van der Waals surface area (Å²) >= 11 is 0. The van der Waals surface area contributed by atoms with Gasteiger partial charge in [-0.3, -0.25) is 4.79 Å². The van der Waals surface area contributed by atoms with Crippen molar-refractivity contribution in [3.8, 4) is 0 Å². The van der Waals surface area contributed by atoms with Gasteiger partial charge in [0.1, 0.15) is 0 Å². The van der Waals surface area contributed by atoms with Crippen molar-refractivity contribution in [1.82, 2.24) is 9.80 Å². The van der Waals surface area contributed by atoms with Crippen molar-refractivity contribution in [2.75, 3.05) is 46.4 Å². The predicted molar refractivity (Wildman–Crippen MR) is 80.1 cm³/mol. The summed E-state index contributed by atoms with van der Waals surface area (Å²) in [7, 11) is 2.12. The molecule has 1 saturated carbocycles. The standard InChI is InChI=1S/C16H28N2O3/c1-12-15(5-7-20-12)16(19)18(9-13-3-4-13)11-14-10-17(2)6-8-21-14/h12-15H,3-11H2,1-2H3. The molecule has 5 nitrogen and oxygen atoms in total. The molecule has 3 fully saturated rings. The Balaban J connectivity index is 1.60. The van der Waals surface area contributed by atoms with Crippen molar-refractivity contribution < 1.29 is 14.3 Å². The van der Waals surface area contributed by atoms with E-state index in [1.54, 1.807) is 0 Å². The molecule has 3 unspecified atom stereocenters. The SMILES string of the molecule is CC1OCCC1C(=O)N(CC1CC1)CC1CN(C)CCO1. The van der Waals surface area contributed by atoms with Gasteiger partial charge in [0.25, 0.3) is 0 Å². The summed E-state index contributed by atoms with van der Waals surface area (Å²) < 4.78 is 11.4. The summed E-state index contributed by atoms with van der Waals surface area (Å²) in [5.74, 6) is 1.04. The molecule has 0 radical (unpaired) electrons. The predicted octanol–water partition coefficient (Wildman–Crippen LogP) is 0.981. The number of carbonyl (C=O) groups is 1. The number of ether oxygens (including phenoxy) is 2. The van der Waals surface area contributed by atoms with Crippen LogP contribution in [0.3, 0.4) is 0 Å². The number of hydrogen-bond donors (Lipinski definition) is 0. The van der Waals surface area contributed by atoms with E-state index in [1.807, 2.05) is 6.92 Å². The summed E-state index contributed by atoms with van der Waals surface area (Å²) in [4.78, 5) is 17.2. The summed E-state index contributed by atoms with van der Waals surface area (Å²) in [5.41, 5.74) is 0. The first-order chi connectivity index (χ1) is 10.1. The van der Waals surface area contributed by atoms with Crippen LogP contribution >= 0.6 is 0 Å². The van der Waals surface area contributed by atoms with Crippen molar-refractivity contribution in [3.63, 3.8) is 0 Å². The van der Waals surface area contributed by atoms with E-state index in [-0.39, 0.29) is 24.0 Å².